The standard InChI is InChI=1S/C19H28N4O3/c1-14(24)20-11-15-2-6-23-17(10-15)16(12-21-23)18(25)22-7-3-19(13-22)4-8-26-9-5-19/h12,15H,2-11,13H2,1H3,(H,20,24). The molecule has 2 saturated heterocycles. The highest BCUT2D eigenvalue weighted by Crippen LogP contribution is 2.40. The lowest BCUT2D eigenvalue weighted by Crippen LogP contribution is -2.36. The molecule has 4 rings (SSSR count). The summed E-state index contributed by atoms with van der Waals surface area (Å²) in [6.45, 7) is 6.33. The van der Waals surface area contributed by atoms with Gasteiger partial charge in [-0.05, 0) is 43.4 Å². The Morgan fingerprint density at radius 1 is 1.31 bits per heavy atom. The molecule has 4 heterocycles. The van der Waals surface area contributed by atoms with Crippen LogP contribution >= 0.6 is 0 Å². The second-order valence-corrected chi connectivity index (χ2v) is 8.11. The minimum absolute atomic E-state index is 0.000734. The predicted molar refractivity (Wildman–Crippen MR) is 95.7 cm³/mol. The van der Waals surface area contributed by atoms with E-state index in [4.69, 9.17) is 4.74 Å². The van der Waals surface area contributed by atoms with Crippen LogP contribution in [0.5, 0.6) is 0 Å². The van der Waals surface area contributed by atoms with Gasteiger partial charge in [0.1, 0.15) is 0 Å². The summed E-state index contributed by atoms with van der Waals surface area (Å²) in [6.07, 6.45) is 6.72. The van der Waals surface area contributed by atoms with E-state index < -0.39 is 0 Å². The molecule has 1 N–H and O–H groups in total. The van der Waals surface area contributed by atoms with E-state index in [9.17, 15) is 9.59 Å². The van der Waals surface area contributed by atoms with Crippen LogP contribution in [0.25, 0.3) is 0 Å². The number of ether oxygens (including phenoxy) is 1. The van der Waals surface area contributed by atoms with Crippen molar-refractivity contribution in [1.82, 2.24) is 20.0 Å². The van der Waals surface area contributed by atoms with Gasteiger partial charge in [-0.2, -0.15) is 5.10 Å². The number of hydrogen-bond acceptors (Lipinski definition) is 4. The van der Waals surface area contributed by atoms with E-state index in [2.05, 4.69) is 10.4 Å². The average molecular weight is 360 g/mol. The summed E-state index contributed by atoms with van der Waals surface area (Å²) in [5, 5.41) is 7.35. The van der Waals surface area contributed by atoms with E-state index in [-0.39, 0.29) is 17.2 Å². The van der Waals surface area contributed by atoms with Crippen molar-refractivity contribution in [2.45, 2.75) is 45.6 Å². The molecule has 2 fully saturated rings. The molecule has 3 aliphatic rings. The first-order valence-electron chi connectivity index (χ1n) is 9.72. The molecule has 7 heteroatoms. The summed E-state index contributed by atoms with van der Waals surface area (Å²) in [5.74, 6) is 0.490. The first-order chi connectivity index (χ1) is 12.6. The monoisotopic (exact) mass is 360 g/mol. The number of amides is 2. The van der Waals surface area contributed by atoms with Crippen LogP contribution in [0.3, 0.4) is 0 Å². The molecule has 3 aliphatic heterocycles. The summed E-state index contributed by atoms with van der Waals surface area (Å²) >= 11 is 0. The van der Waals surface area contributed by atoms with E-state index in [0.717, 1.165) is 76.2 Å². The number of aromatic nitrogens is 2. The van der Waals surface area contributed by atoms with Crippen molar-refractivity contribution in [2.75, 3.05) is 32.8 Å². The van der Waals surface area contributed by atoms with Gasteiger partial charge < -0.3 is 15.0 Å². The van der Waals surface area contributed by atoms with Gasteiger partial charge >= 0.3 is 0 Å². The number of carbonyl (C=O) groups excluding carboxylic acids is 2. The molecule has 0 bridgehead atoms. The van der Waals surface area contributed by atoms with Crippen LogP contribution in [-0.2, 0) is 22.5 Å². The van der Waals surface area contributed by atoms with Gasteiger partial charge in [0.05, 0.1) is 17.5 Å². The third kappa shape index (κ3) is 3.37. The third-order valence-electron chi connectivity index (χ3n) is 6.33. The van der Waals surface area contributed by atoms with Gasteiger partial charge in [-0.25, -0.2) is 0 Å². The Morgan fingerprint density at radius 2 is 2.12 bits per heavy atom. The summed E-state index contributed by atoms with van der Waals surface area (Å²) < 4.78 is 7.47. The fourth-order valence-electron chi connectivity index (χ4n) is 4.63. The maximum absolute atomic E-state index is 13.2. The molecule has 0 saturated carbocycles. The Hall–Kier alpha value is -1.89. The molecular weight excluding hydrogens is 332 g/mol. The first kappa shape index (κ1) is 17.5. The van der Waals surface area contributed by atoms with Gasteiger partial charge in [0.25, 0.3) is 5.91 Å². The van der Waals surface area contributed by atoms with E-state index in [1.54, 1.807) is 13.1 Å². The van der Waals surface area contributed by atoms with Gasteiger partial charge in [-0.1, -0.05) is 0 Å². The summed E-state index contributed by atoms with van der Waals surface area (Å²) in [5.41, 5.74) is 2.04. The van der Waals surface area contributed by atoms with Crippen molar-refractivity contribution >= 4 is 11.8 Å². The minimum atomic E-state index is -0.000734. The van der Waals surface area contributed by atoms with Gasteiger partial charge in [0.15, 0.2) is 0 Å². The Labute approximate surface area is 154 Å². The number of likely N-dealkylation sites (tertiary alicyclic amines) is 1. The Bertz CT molecular complexity index is 693. The second-order valence-electron chi connectivity index (χ2n) is 8.11. The third-order valence-corrected chi connectivity index (χ3v) is 6.33. The Balaban J connectivity index is 1.45. The molecule has 1 unspecified atom stereocenters. The van der Waals surface area contributed by atoms with Crippen LogP contribution in [0.1, 0.15) is 48.7 Å². The fraction of sp³-hybridized carbons (Fsp3) is 0.737. The van der Waals surface area contributed by atoms with E-state index in [1.165, 1.54) is 0 Å². The minimum Gasteiger partial charge on any atom is -0.381 e. The Kier molecular flexibility index (Phi) is 4.73. The number of nitrogens with one attached hydrogen (secondary N) is 1. The molecule has 1 aromatic rings. The largest absolute Gasteiger partial charge is 0.381 e. The number of carbonyl (C=O) groups is 2. The normalized spacial score (nSPS) is 24.5. The zero-order chi connectivity index (χ0) is 18.1. The zero-order valence-electron chi connectivity index (χ0n) is 15.5. The predicted octanol–water partition coefficient (Wildman–Crippen LogP) is 1.22. The lowest BCUT2D eigenvalue weighted by Gasteiger charge is -2.33. The lowest BCUT2D eigenvalue weighted by molar-refractivity contribution is -0.119. The molecule has 7 nitrogen and oxygen atoms in total. The molecule has 1 spiro atoms. The molecule has 26 heavy (non-hydrogen) atoms. The number of hydrogen-bond donors (Lipinski definition) is 1. The topological polar surface area (TPSA) is 76.5 Å². The van der Waals surface area contributed by atoms with Gasteiger partial charge in [0.2, 0.25) is 5.91 Å². The highest BCUT2D eigenvalue weighted by Gasteiger charge is 2.42. The quantitative estimate of drug-likeness (QED) is 0.879. The number of aryl methyl sites for hydroxylation is 1. The Morgan fingerprint density at radius 3 is 2.88 bits per heavy atom. The smallest absolute Gasteiger partial charge is 0.257 e. The van der Waals surface area contributed by atoms with Crippen LogP contribution in [0.15, 0.2) is 6.20 Å². The van der Waals surface area contributed by atoms with Crippen molar-refractivity contribution < 1.29 is 14.3 Å². The SMILES string of the molecule is CC(=O)NCC1CCn2ncc(C(=O)N3CCC4(CCOCC4)C3)c2C1. The maximum atomic E-state index is 13.2. The molecule has 0 aromatic carbocycles. The number of nitrogens with zero attached hydrogens (tertiary/aromatic N) is 3. The fourth-order valence-corrected chi connectivity index (χ4v) is 4.63. The van der Waals surface area contributed by atoms with E-state index in [0.29, 0.717) is 12.5 Å². The highest BCUT2D eigenvalue weighted by molar-refractivity contribution is 5.95. The highest BCUT2D eigenvalue weighted by atomic mass is 16.5. The molecule has 2 amide bonds. The van der Waals surface area contributed by atoms with Crippen LogP contribution in [0.4, 0.5) is 0 Å². The number of fused-ring (bicyclic) bond motifs is 1. The van der Waals surface area contributed by atoms with Crippen LogP contribution < -0.4 is 5.32 Å². The van der Waals surface area contributed by atoms with Crippen molar-refractivity contribution in [3.05, 3.63) is 17.5 Å². The van der Waals surface area contributed by atoms with E-state index >= 15 is 0 Å². The van der Waals surface area contributed by atoms with Gasteiger partial charge in [-0.3, -0.25) is 14.3 Å². The number of rotatable bonds is 3. The van der Waals surface area contributed by atoms with Crippen LogP contribution in [-0.4, -0.2) is 59.3 Å². The summed E-state index contributed by atoms with van der Waals surface area (Å²) in [4.78, 5) is 26.3. The molecule has 0 radical (unpaired) electrons. The summed E-state index contributed by atoms with van der Waals surface area (Å²) in [6, 6.07) is 0. The average Bonchev–Trinajstić information content (AvgIpc) is 3.24. The van der Waals surface area contributed by atoms with E-state index in [1.807, 2.05) is 9.58 Å². The maximum Gasteiger partial charge on any atom is 0.257 e. The van der Waals surface area contributed by atoms with Crippen LogP contribution in [0, 0.1) is 11.3 Å². The van der Waals surface area contributed by atoms with Crippen molar-refractivity contribution in [3.8, 4) is 0 Å². The van der Waals surface area contributed by atoms with Crippen molar-refractivity contribution in [1.29, 1.82) is 0 Å². The lowest BCUT2D eigenvalue weighted by atomic mass is 9.80. The molecule has 1 aromatic heterocycles. The van der Waals surface area contributed by atoms with Crippen molar-refractivity contribution in [3.63, 3.8) is 0 Å². The zero-order valence-corrected chi connectivity index (χ0v) is 15.5. The second kappa shape index (κ2) is 7.02. The molecule has 0 aliphatic carbocycles. The summed E-state index contributed by atoms with van der Waals surface area (Å²) in [7, 11) is 0. The first-order valence-corrected chi connectivity index (χ1v) is 9.72. The molecular formula is C19H28N4O3. The molecule has 1 atom stereocenters. The van der Waals surface area contributed by atoms with Gasteiger partial charge in [-0.15, -0.1) is 0 Å². The molecule has 142 valence electrons. The van der Waals surface area contributed by atoms with Crippen LogP contribution in [0.2, 0.25) is 0 Å². The van der Waals surface area contributed by atoms with Crippen molar-refractivity contribution in [2.24, 2.45) is 11.3 Å². The van der Waals surface area contributed by atoms with Gasteiger partial charge in [0, 0.05) is 46.3 Å².